The van der Waals surface area contributed by atoms with Crippen LogP contribution in [0.25, 0.3) is 0 Å². The largest absolute Gasteiger partial charge is 0.480 e. The number of carboxylic acids is 1. The predicted octanol–water partition coefficient (Wildman–Crippen LogP) is 1.15. The number of halogens is 2. The summed E-state index contributed by atoms with van der Waals surface area (Å²) in [4.78, 5) is 22.4. The SMILES string of the molecule is O=C(N[C@H](CCO)C(=O)O)c1ccc(Br)c(F)c1. The first kappa shape index (κ1) is 14.6. The van der Waals surface area contributed by atoms with Gasteiger partial charge in [-0.1, -0.05) is 0 Å². The molecule has 0 bridgehead atoms. The zero-order chi connectivity index (χ0) is 13.7. The maximum absolute atomic E-state index is 13.2. The standard InChI is InChI=1S/C11H11BrFNO4/c12-7-2-1-6(5-8(7)13)10(16)14-9(3-4-15)11(17)18/h1-2,5,9,15H,3-4H2,(H,14,16)(H,17,18)/t9-/m1/s1. The highest BCUT2D eigenvalue weighted by atomic mass is 79.9. The molecule has 18 heavy (non-hydrogen) atoms. The first-order valence-corrected chi connectivity index (χ1v) is 5.84. The smallest absolute Gasteiger partial charge is 0.326 e. The molecule has 0 spiro atoms. The minimum atomic E-state index is -1.25. The zero-order valence-corrected chi connectivity index (χ0v) is 10.8. The van der Waals surface area contributed by atoms with Gasteiger partial charge in [-0.25, -0.2) is 9.18 Å². The summed E-state index contributed by atoms with van der Waals surface area (Å²) in [6, 6.07) is 2.51. The van der Waals surface area contributed by atoms with Crippen LogP contribution < -0.4 is 5.32 Å². The van der Waals surface area contributed by atoms with Crippen LogP contribution in [0.2, 0.25) is 0 Å². The van der Waals surface area contributed by atoms with E-state index in [1.807, 2.05) is 0 Å². The van der Waals surface area contributed by atoms with Gasteiger partial charge in [0.2, 0.25) is 0 Å². The molecule has 0 aromatic heterocycles. The molecule has 1 amide bonds. The number of hydrogen-bond acceptors (Lipinski definition) is 3. The number of carboxylic acid groups (broad SMARTS) is 1. The Balaban J connectivity index is 2.80. The number of aliphatic carboxylic acids is 1. The van der Waals surface area contributed by atoms with Gasteiger partial charge < -0.3 is 15.5 Å². The van der Waals surface area contributed by atoms with Crippen LogP contribution in [0.5, 0.6) is 0 Å². The number of carbonyl (C=O) groups excluding carboxylic acids is 1. The molecule has 3 N–H and O–H groups in total. The molecule has 0 saturated carbocycles. The minimum Gasteiger partial charge on any atom is -0.480 e. The molecule has 0 radical (unpaired) electrons. The van der Waals surface area contributed by atoms with Crippen molar-refractivity contribution in [1.82, 2.24) is 5.32 Å². The summed E-state index contributed by atoms with van der Waals surface area (Å²) in [5.74, 6) is -2.58. The highest BCUT2D eigenvalue weighted by Gasteiger charge is 2.20. The number of aliphatic hydroxyl groups excluding tert-OH is 1. The van der Waals surface area contributed by atoms with Crippen LogP contribution in [-0.4, -0.2) is 34.7 Å². The summed E-state index contributed by atoms with van der Waals surface area (Å²) >= 11 is 2.94. The average Bonchev–Trinajstić information content (AvgIpc) is 2.31. The van der Waals surface area contributed by atoms with Crippen molar-refractivity contribution in [2.24, 2.45) is 0 Å². The van der Waals surface area contributed by atoms with Gasteiger partial charge >= 0.3 is 5.97 Å². The van der Waals surface area contributed by atoms with E-state index >= 15 is 0 Å². The number of rotatable bonds is 5. The van der Waals surface area contributed by atoms with Gasteiger partial charge in [-0.3, -0.25) is 4.79 Å². The van der Waals surface area contributed by atoms with Gasteiger partial charge in [0.15, 0.2) is 0 Å². The molecule has 5 nitrogen and oxygen atoms in total. The molecule has 1 atom stereocenters. The van der Waals surface area contributed by atoms with E-state index in [9.17, 15) is 14.0 Å². The summed E-state index contributed by atoms with van der Waals surface area (Å²) in [5.41, 5.74) is 0.0138. The second kappa shape index (κ2) is 6.46. The first-order chi connectivity index (χ1) is 8.45. The molecule has 0 aliphatic carbocycles. The monoisotopic (exact) mass is 319 g/mol. The van der Waals surface area contributed by atoms with Gasteiger partial charge in [-0.2, -0.15) is 0 Å². The Labute approximate surface area is 111 Å². The molecule has 1 rings (SSSR count). The van der Waals surface area contributed by atoms with Crippen molar-refractivity contribution in [3.05, 3.63) is 34.1 Å². The maximum atomic E-state index is 13.2. The van der Waals surface area contributed by atoms with Crippen molar-refractivity contribution >= 4 is 27.8 Å². The van der Waals surface area contributed by atoms with E-state index in [1.54, 1.807) is 0 Å². The maximum Gasteiger partial charge on any atom is 0.326 e. The van der Waals surface area contributed by atoms with Gasteiger partial charge in [0.05, 0.1) is 4.47 Å². The third-order valence-corrected chi connectivity index (χ3v) is 2.85. The summed E-state index contributed by atoms with van der Waals surface area (Å²) in [6.07, 6.45) is -0.111. The number of benzene rings is 1. The second-order valence-corrected chi connectivity index (χ2v) is 4.36. The number of aliphatic hydroxyl groups is 1. The summed E-state index contributed by atoms with van der Waals surface area (Å²) in [5, 5.41) is 19.7. The molecule has 0 fully saturated rings. The van der Waals surface area contributed by atoms with Crippen LogP contribution in [0.15, 0.2) is 22.7 Å². The molecule has 0 aliphatic heterocycles. The second-order valence-electron chi connectivity index (χ2n) is 3.51. The minimum absolute atomic E-state index is 0.0138. The fraction of sp³-hybridized carbons (Fsp3) is 0.273. The van der Waals surface area contributed by atoms with Crippen molar-refractivity contribution in [3.63, 3.8) is 0 Å². The lowest BCUT2D eigenvalue weighted by molar-refractivity contribution is -0.139. The highest BCUT2D eigenvalue weighted by molar-refractivity contribution is 9.10. The predicted molar refractivity (Wildman–Crippen MR) is 64.7 cm³/mol. The lowest BCUT2D eigenvalue weighted by Gasteiger charge is -2.13. The van der Waals surface area contributed by atoms with Gasteiger partial charge in [0.25, 0.3) is 5.91 Å². The Bertz CT molecular complexity index is 466. The van der Waals surface area contributed by atoms with Crippen molar-refractivity contribution < 1.29 is 24.2 Å². The van der Waals surface area contributed by atoms with E-state index in [4.69, 9.17) is 10.2 Å². The van der Waals surface area contributed by atoms with Crippen LogP contribution in [-0.2, 0) is 4.79 Å². The molecule has 0 heterocycles. The molecule has 0 unspecified atom stereocenters. The van der Waals surface area contributed by atoms with Crippen molar-refractivity contribution in [3.8, 4) is 0 Å². The lowest BCUT2D eigenvalue weighted by atomic mass is 10.1. The third kappa shape index (κ3) is 3.78. The molecule has 1 aromatic rings. The molecule has 98 valence electrons. The van der Waals surface area contributed by atoms with Crippen LogP contribution in [0.1, 0.15) is 16.8 Å². The Morgan fingerprint density at radius 1 is 1.44 bits per heavy atom. The van der Waals surface area contributed by atoms with Gasteiger partial charge in [-0.05, 0) is 34.1 Å². The van der Waals surface area contributed by atoms with Gasteiger partial charge in [0.1, 0.15) is 11.9 Å². The topological polar surface area (TPSA) is 86.6 Å². The Morgan fingerprint density at radius 2 is 2.11 bits per heavy atom. The van der Waals surface area contributed by atoms with Crippen LogP contribution in [0, 0.1) is 5.82 Å². The highest BCUT2D eigenvalue weighted by Crippen LogP contribution is 2.16. The van der Waals surface area contributed by atoms with Crippen LogP contribution >= 0.6 is 15.9 Å². The number of hydrogen-bond donors (Lipinski definition) is 3. The van der Waals surface area contributed by atoms with Crippen molar-refractivity contribution in [2.45, 2.75) is 12.5 Å². The summed E-state index contributed by atoms with van der Waals surface area (Å²) in [6.45, 7) is -0.369. The molecule has 1 aromatic carbocycles. The fourth-order valence-electron chi connectivity index (χ4n) is 1.27. The quantitative estimate of drug-likeness (QED) is 0.760. The zero-order valence-electron chi connectivity index (χ0n) is 9.19. The van der Waals surface area contributed by atoms with E-state index in [0.29, 0.717) is 0 Å². The van der Waals surface area contributed by atoms with E-state index in [2.05, 4.69) is 21.2 Å². The van der Waals surface area contributed by atoms with E-state index < -0.39 is 23.7 Å². The summed E-state index contributed by atoms with van der Waals surface area (Å²) in [7, 11) is 0. The van der Waals surface area contributed by atoms with Gasteiger partial charge in [0, 0.05) is 18.6 Å². The molecule has 0 aliphatic rings. The Hall–Kier alpha value is -1.47. The van der Waals surface area contributed by atoms with E-state index in [-0.39, 0.29) is 23.1 Å². The fourth-order valence-corrected chi connectivity index (χ4v) is 1.51. The third-order valence-electron chi connectivity index (χ3n) is 2.20. The molecule has 7 heteroatoms. The normalized spacial score (nSPS) is 11.9. The first-order valence-electron chi connectivity index (χ1n) is 5.05. The number of nitrogens with one attached hydrogen (secondary N) is 1. The average molecular weight is 320 g/mol. The summed E-state index contributed by atoms with van der Waals surface area (Å²) < 4.78 is 13.4. The van der Waals surface area contributed by atoms with Crippen LogP contribution in [0.3, 0.4) is 0 Å². The molecular formula is C11H11BrFNO4. The van der Waals surface area contributed by atoms with E-state index in [0.717, 1.165) is 6.07 Å². The Kier molecular flexibility index (Phi) is 5.24. The van der Waals surface area contributed by atoms with Crippen LogP contribution in [0.4, 0.5) is 4.39 Å². The number of carbonyl (C=O) groups is 2. The number of amides is 1. The Morgan fingerprint density at radius 3 is 2.61 bits per heavy atom. The molecular weight excluding hydrogens is 309 g/mol. The van der Waals surface area contributed by atoms with Crippen molar-refractivity contribution in [1.29, 1.82) is 0 Å². The van der Waals surface area contributed by atoms with Gasteiger partial charge in [-0.15, -0.1) is 0 Å². The van der Waals surface area contributed by atoms with E-state index in [1.165, 1.54) is 12.1 Å². The van der Waals surface area contributed by atoms with Crippen molar-refractivity contribution in [2.75, 3.05) is 6.61 Å². The lowest BCUT2D eigenvalue weighted by Crippen LogP contribution is -2.41. The molecule has 0 saturated heterocycles.